The fourth-order valence-electron chi connectivity index (χ4n) is 2.93. The van der Waals surface area contributed by atoms with Crippen molar-refractivity contribution in [1.29, 1.82) is 0 Å². The minimum Gasteiger partial charge on any atom is -0.478 e. The number of aromatic carboxylic acids is 1. The van der Waals surface area contributed by atoms with Crippen molar-refractivity contribution in [3.8, 4) is 0 Å². The summed E-state index contributed by atoms with van der Waals surface area (Å²) >= 11 is 0. The lowest BCUT2D eigenvalue weighted by Crippen LogP contribution is -2.04. The largest absolute Gasteiger partial charge is 0.478 e. The molecule has 0 bridgehead atoms. The summed E-state index contributed by atoms with van der Waals surface area (Å²) in [6.45, 7) is 8.58. The van der Waals surface area contributed by atoms with E-state index in [1.165, 1.54) is 0 Å². The summed E-state index contributed by atoms with van der Waals surface area (Å²) in [5.74, 6) is -0.644. The molecule has 120 valence electrons. The number of hydrogen-bond acceptors (Lipinski definition) is 2. The smallest absolute Gasteiger partial charge is 0.335 e. The number of aliphatic hydroxyl groups is 1. The maximum Gasteiger partial charge on any atom is 0.335 e. The van der Waals surface area contributed by atoms with Gasteiger partial charge in [0.15, 0.2) is 0 Å². The van der Waals surface area contributed by atoms with Crippen LogP contribution in [0.4, 0.5) is 0 Å². The fourth-order valence-corrected chi connectivity index (χ4v) is 2.93. The average Bonchev–Trinajstić information content (AvgIpc) is 2.82. The lowest BCUT2D eigenvalue weighted by Gasteiger charge is -2.15. The number of carbonyl (C=O) groups is 1. The summed E-state index contributed by atoms with van der Waals surface area (Å²) in [5.41, 5.74) is 3.65. The highest BCUT2D eigenvalue weighted by atomic mass is 16.4. The minimum atomic E-state index is -0.894. The van der Waals surface area contributed by atoms with E-state index in [2.05, 4.69) is 38.5 Å². The van der Waals surface area contributed by atoms with Crippen molar-refractivity contribution in [3.63, 3.8) is 0 Å². The molecule has 22 heavy (non-hydrogen) atoms. The molecule has 0 aliphatic carbocycles. The first-order valence-corrected chi connectivity index (χ1v) is 7.88. The van der Waals surface area contributed by atoms with Crippen molar-refractivity contribution in [2.45, 2.75) is 52.5 Å². The molecule has 0 aliphatic rings. The lowest BCUT2D eigenvalue weighted by atomic mass is 9.95. The molecule has 0 unspecified atom stereocenters. The lowest BCUT2D eigenvalue weighted by molar-refractivity contribution is 0.0697. The SMILES string of the molecule is CC(C)c1cc(C(=O)O)cc2c(CCCO)cn(C(C)C)c12. The molecule has 1 heterocycles. The van der Waals surface area contributed by atoms with Crippen LogP contribution in [0.3, 0.4) is 0 Å². The summed E-state index contributed by atoms with van der Waals surface area (Å²) in [4.78, 5) is 11.4. The number of rotatable bonds is 6. The predicted molar refractivity (Wildman–Crippen MR) is 88.8 cm³/mol. The van der Waals surface area contributed by atoms with Crippen LogP contribution in [-0.2, 0) is 6.42 Å². The number of aromatic nitrogens is 1. The third-order valence-electron chi connectivity index (χ3n) is 4.07. The maximum atomic E-state index is 11.4. The number of nitrogens with zero attached hydrogens (tertiary/aromatic N) is 1. The third kappa shape index (κ3) is 3.02. The molecule has 4 heteroatoms. The van der Waals surface area contributed by atoms with E-state index in [1.807, 2.05) is 0 Å². The second-order valence-electron chi connectivity index (χ2n) is 6.40. The third-order valence-corrected chi connectivity index (χ3v) is 4.07. The molecule has 0 aliphatic heterocycles. The second kappa shape index (κ2) is 6.53. The summed E-state index contributed by atoms with van der Waals surface area (Å²) in [7, 11) is 0. The van der Waals surface area contributed by atoms with Crippen LogP contribution in [0.1, 0.15) is 67.6 Å². The number of carboxylic acid groups (broad SMARTS) is 1. The van der Waals surface area contributed by atoms with Crippen LogP contribution in [0, 0.1) is 0 Å². The maximum absolute atomic E-state index is 11.4. The van der Waals surface area contributed by atoms with E-state index in [1.54, 1.807) is 12.1 Å². The molecule has 2 rings (SSSR count). The number of benzene rings is 1. The van der Waals surface area contributed by atoms with Gasteiger partial charge in [-0.05, 0) is 55.9 Å². The van der Waals surface area contributed by atoms with E-state index in [0.717, 1.165) is 28.5 Å². The van der Waals surface area contributed by atoms with Crippen LogP contribution in [0.15, 0.2) is 18.3 Å². The Kier molecular flexibility index (Phi) is 4.91. The van der Waals surface area contributed by atoms with Gasteiger partial charge < -0.3 is 14.8 Å². The van der Waals surface area contributed by atoms with Gasteiger partial charge in [0, 0.05) is 24.2 Å². The minimum absolute atomic E-state index is 0.143. The van der Waals surface area contributed by atoms with Crippen molar-refractivity contribution in [3.05, 3.63) is 35.0 Å². The van der Waals surface area contributed by atoms with Gasteiger partial charge in [-0.1, -0.05) is 13.8 Å². The Balaban J connectivity index is 2.79. The first kappa shape index (κ1) is 16.6. The summed E-state index contributed by atoms with van der Waals surface area (Å²) < 4.78 is 2.23. The number of fused-ring (bicyclic) bond motifs is 1. The molecule has 4 nitrogen and oxygen atoms in total. The zero-order valence-electron chi connectivity index (χ0n) is 13.8. The summed E-state index contributed by atoms with van der Waals surface area (Å²) in [6.07, 6.45) is 3.56. The average molecular weight is 303 g/mol. The van der Waals surface area contributed by atoms with Crippen molar-refractivity contribution in [2.24, 2.45) is 0 Å². The first-order chi connectivity index (χ1) is 10.4. The molecule has 0 radical (unpaired) electrons. The van der Waals surface area contributed by atoms with Crippen LogP contribution >= 0.6 is 0 Å². The van der Waals surface area contributed by atoms with Gasteiger partial charge in [0.05, 0.1) is 11.1 Å². The van der Waals surface area contributed by atoms with E-state index in [9.17, 15) is 9.90 Å². The Morgan fingerprint density at radius 1 is 1.23 bits per heavy atom. The zero-order chi connectivity index (χ0) is 16.4. The topological polar surface area (TPSA) is 62.5 Å². The van der Waals surface area contributed by atoms with Gasteiger partial charge in [-0.3, -0.25) is 0 Å². The zero-order valence-corrected chi connectivity index (χ0v) is 13.8. The molecule has 0 amide bonds. The molecular weight excluding hydrogens is 278 g/mol. The van der Waals surface area contributed by atoms with Crippen molar-refractivity contribution in [1.82, 2.24) is 4.57 Å². The van der Waals surface area contributed by atoms with Crippen molar-refractivity contribution >= 4 is 16.9 Å². The number of aryl methyl sites for hydroxylation is 1. The quantitative estimate of drug-likeness (QED) is 0.848. The number of carboxylic acids is 1. The molecule has 0 atom stereocenters. The molecule has 0 saturated heterocycles. The molecule has 1 aromatic heterocycles. The van der Waals surface area contributed by atoms with Gasteiger partial charge >= 0.3 is 5.97 Å². The van der Waals surface area contributed by atoms with Crippen molar-refractivity contribution in [2.75, 3.05) is 6.61 Å². The van der Waals surface area contributed by atoms with E-state index in [0.29, 0.717) is 18.0 Å². The summed E-state index contributed by atoms with van der Waals surface area (Å²) in [6, 6.07) is 3.87. The van der Waals surface area contributed by atoms with Crippen LogP contribution in [-0.4, -0.2) is 27.4 Å². The molecule has 2 N–H and O–H groups in total. The van der Waals surface area contributed by atoms with Gasteiger partial charge in [-0.2, -0.15) is 0 Å². The Labute approximate surface area is 131 Å². The Morgan fingerprint density at radius 3 is 2.41 bits per heavy atom. The number of hydrogen-bond donors (Lipinski definition) is 2. The summed E-state index contributed by atoms with van der Waals surface area (Å²) in [5, 5.41) is 19.5. The molecule has 2 aromatic rings. The Morgan fingerprint density at radius 2 is 1.91 bits per heavy atom. The molecular formula is C18H25NO3. The molecule has 0 saturated carbocycles. The van der Waals surface area contributed by atoms with Crippen LogP contribution in [0.5, 0.6) is 0 Å². The number of aliphatic hydroxyl groups excluding tert-OH is 1. The van der Waals surface area contributed by atoms with Crippen LogP contribution < -0.4 is 0 Å². The fraction of sp³-hybridized carbons (Fsp3) is 0.500. The van der Waals surface area contributed by atoms with E-state index in [4.69, 9.17) is 5.11 Å². The second-order valence-corrected chi connectivity index (χ2v) is 6.40. The Hall–Kier alpha value is -1.81. The molecule has 0 spiro atoms. The molecule has 0 fully saturated rings. The highest BCUT2D eigenvalue weighted by Gasteiger charge is 2.19. The van der Waals surface area contributed by atoms with Crippen LogP contribution in [0.2, 0.25) is 0 Å². The highest BCUT2D eigenvalue weighted by molar-refractivity contribution is 5.97. The monoisotopic (exact) mass is 303 g/mol. The van der Waals surface area contributed by atoms with E-state index < -0.39 is 5.97 Å². The molecule has 1 aromatic carbocycles. The normalized spacial score (nSPS) is 11.8. The van der Waals surface area contributed by atoms with E-state index >= 15 is 0 Å². The van der Waals surface area contributed by atoms with Crippen LogP contribution in [0.25, 0.3) is 10.9 Å². The van der Waals surface area contributed by atoms with Gasteiger partial charge in [-0.15, -0.1) is 0 Å². The van der Waals surface area contributed by atoms with E-state index in [-0.39, 0.29) is 12.5 Å². The van der Waals surface area contributed by atoms with Crippen molar-refractivity contribution < 1.29 is 15.0 Å². The van der Waals surface area contributed by atoms with Gasteiger partial charge in [0.1, 0.15) is 0 Å². The first-order valence-electron chi connectivity index (χ1n) is 7.88. The highest BCUT2D eigenvalue weighted by Crippen LogP contribution is 2.33. The Bertz CT molecular complexity index is 683. The van der Waals surface area contributed by atoms with Gasteiger partial charge in [0.2, 0.25) is 0 Å². The predicted octanol–water partition coefficient (Wildman–Crippen LogP) is 3.97. The standard InChI is InChI=1S/C18H25NO3/c1-11(2)15-8-14(18(21)22)9-16-13(6-5-7-20)10-19(12(3)4)17(15)16/h8-12,20H,5-7H2,1-4H3,(H,21,22). The van der Waals surface area contributed by atoms with Gasteiger partial charge in [0.25, 0.3) is 0 Å². The van der Waals surface area contributed by atoms with Gasteiger partial charge in [-0.25, -0.2) is 4.79 Å².